The number of piperidine rings is 1. The fourth-order valence-corrected chi connectivity index (χ4v) is 4.09. The molecular formula is C17H23ClFN5O2. The summed E-state index contributed by atoms with van der Waals surface area (Å²) >= 11 is 6.08. The molecule has 1 aromatic heterocycles. The van der Waals surface area contributed by atoms with E-state index in [4.69, 9.17) is 11.6 Å². The number of rotatable bonds is 4. The van der Waals surface area contributed by atoms with Gasteiger partial charge in [0.1, 0.15) is 12.0 Å². The Balaban J connectivity index is 1.65. The fraction of sp³-hybridized carbons (Fsp3) is 0.647. The molecule has 2 heterocycles. The number of hydrogen-bond donors (Lipinski definition) is 3. The van der Waals surface area contributed by atoms with Gasteiger partial charge in [0, 0.05) is 31.6 Å². The van der Waals surface area contributed by atoms with Crippen LogP contribution in [-0.4, -0.2) is 45.4 Å². The Hall–Kier alpha value is -1.96. The second kappa shape index (κ2) is 7.73. The van der Waals surface area contributed by atoms with Crippen molar-refractivity contribution in [1.82, 2.24) is 15.3 Å². The summed E-state index contributed by atoms with van der Waals surface area (Å²) in [4.78, 5) is 32.0. The van der Waals surface area contributed by atoms with Gasteiger partial charge in [-0.05, 0) is 31.7 Å². The first-order valence-corrected chi connectivity index (χ1v) is 9.23. The van der Waals surface area contributed by atoms with Crippen LogP contribution >= 0.6 is 11.6 Å². The molecule has 2 amide bonds. The molecule has 3 rings (SSSR count). The molecule has 1 aliphatic heterocycles. The van der Waals surface area contributed by atoms with Gasteiger partial charge in [0.15, 0.2) is 0 Å². The number of alkyl halides is 2. The minimum Gasteiger partial charge on any atom is -0.353 e. The zero-order chi connectivity index (χ0) is 18.8. The molecule has 2 fully saturated rings. The normalized spacial score (nSPS) is 32.2. The quantitative estimate of drug-likeness (QED) is 0.692. The molecule has 26 heavy (non-hydrogen) atoms. The predicted molar refractivity (Wildman–Crippen MR) is 96.7 cm³/mol. The van der Waals surface area contributed by atoms with Crippen LogP contribution in [0.5, 0.6) is 0 Å². The van der Waals surface area contributed by atoms with Crippen molar-refractivity contribution >= 4 is 35.2 Å². The number of halogens is 2. The molecule has 5 unspecified atom stereocenters. The number of aromatic nitrogens is 2. The lowest BCUT2D eigenvalue weighted by Crippen LogP contribution is -2.56. The topological polar surface area (TPSA) is 96.0 Å². The Kier molecular flexibility index (Phi) is 5.60. The van der Waals surface area contributed by atoms with E-state index in [1.807, 2.05) is 6.92 Å². The van der Waals surface area contributed by atoms with E-state index < -0.39 is 11.5 Å². The minimum absolute atomic E-state index is 0.0931. The van der Waals surface area contributed by atoms with E-state index in [0.717, 1.165) is 0 Å². The lowest BCUT2D eigenvalue weighted by atomic mass is 9.73. The third-order valence-corrected chi connectivity index (χ3v) is 5.56. The van der Waals surface area contributed by atoms with Crippen molar-refractivity contribution in [1.29, 1.82) is 0 Å². The maximum Gasteiger partial charge on any atom is 0.225 e. The Labute approximate surface area is 156 Å². The van der Waals surface area contributed by atoms with Crippen molar-refractivity contribution in [2.45, 2.75) is 56.7 Å². The number of anilines is 2. The number of amides is 2. The average molecular weight is 384 g/mol. The fourth-order valence-electron chi connectivity index (χ4n) is 3.76. The molecule has 0 spiro atoms. The molecule has 0 bridgehead atoms. The second-order valence-electron chi connectivity index (χ2n) is 7.10. The summed E-state index contributed by atoms with van der Waals surface area (Å²) in [6, 6.07) is 1.22. The largest absolute Gasteiger partial charge is 0.353 e. The van der Waals surface area contributed by atoms with E-state index >= 15 is 0 Å². The number of nitrogens with one attached hydrogen (secondary N) is 3. The van der Waals surface area contributed by atoms with Crippen LogP contribution in [0, 0.1) is 11.8 Å². The average Bonchev–Trinajstić information content (AvgIpc) is 2.55. The zero-order valence-electron chi connectivity index (χ0n) is 14.7. The van der Waals surface area contributed by atoms with Crippen LogP contribution in [-0.2, 0) is 9.59 Å². The molecule has 1 saturated carbocycles. The molecule has 9 heteroatoms. The number of hydrogen-bond acceptors (Lipinski definition) is 5. The minimum atomic E-state index is -1.07. The van der Waals surface area contributed by atoms with Gasteiger partial charge in [0.05, 0.1) is 11.3 Å². The lowest BCUT2D eigenvalue weighted by molar-refractivity contribution is -0.130. The van der Waals surface area contributed by atoms with Crippen LogP contribution in [0.15, 0.2) is 12.3 Å². The van der Waals surface area contributed by atoms with Gasteiger partial charge in [-0.15, -0.1) is 11.6 Å². The van der Waals surface area contributed by atoms with Gasteiger partial charge >= 0.3 is 0 Å². The molecule has 0 aromatic carbocycles. The van der Waals surface area contributed by atoms with Crippen LogP contribution in [0.1, 0.15) is 33.1 Å². The Bertz CT molecular complexity index is 691. The standard InChI is InChI=1S/C17H23ClFN5O2/c1-8(21-17-20-4-3-15(24-17)22-9(2)25)11-5-10-6-12(18)13(19)7-14(10)23-16(11)26/h3-4,8,10-14H,5-7H2,1-2H3,(H,23,26)(H2,20,21,22,24,25)/t8-,10?,11?,12?,13?,14?/m0/s1. The van der Waals surface area contributed by atoms with E-state index in [2.05, 4.69) is 25.9 Å². The summed E-state index contributed by atoms with van der Waals surface area (Å²) in [5, 5.41) is 8.18. The first-order valence-electron chi connectivity index (χ1n) is 8.79. The molecule has 1 aliphatic carbocycles. The molecule has 1 aromatic rings. The Morgan fingerprint density at radius 1 is 1.42 bits per heavy atom. The molecule has 2 aliphatic rings. The third-order valence-electron chi connectivity index (χ3n) is 5.11. The molecular weight excluding hydrogens is 361 g/mol. The van der Waals surface area contributed by atoms with E-state index in [1.54, 1.807) is 6.07 Å². The van der Waals surface area contributed by atoms with Crippen molar-refractivity contribution in [2.24, 2.45) is 11.8 Å². The molecule has 1 saturated heterocycles. The van der Waals surface area contributed by atoms with Gasteiger partial charge < -0.3 is 16.0 Å². The highest BCUT2D eigenvalue weighted by molar-refractivity contribution is 6.21. The molecule has 0 radical (unpaired) electrons. The van der Waals surface area contributed by atoms with Crippen LogP contribution in [0.2, 0.25) is 0 Å². The maximum atomic E-state index is 13.8. The van der Waals surface area contributed by atoms with Gasteiger partial charge in [0.2, 0.25) is 17.8 Å². The van der Waals surface area contributed by atoms with Crippen LogP contribution in [0.3, 0.4) is 0 Å². The second-order valence-corrected chi connectivity index (χ2v) is 7.66. The first-order chi connectivity index (χ1) is 12.3. The zero-order valence-corrected chi connectivity index (χ0v) is 15.5. The van der Waals surface area contributed by atoms with Crippen molar-refractivity contribution in [3.8, 4) is 0 Å². The summed E-state index contributed by atoms with van der Waals surface area (Å²) in [6.45, 7) is 3.29. The number of fused-ring (bicyclic) bond motifs is 1. The van der Waals surface area contributed by atoms with Crippen LogP contribution in [0.25, 0.3) is 0 Å². The Morgan fingerprint density at radius 2 is 2.19 bits per heavy atom. The van der Waals surface area contributed by atoms with E-state index in [-0.39, 0.29) is 42.2 Å². The summed E-state index contributed by atoms with van der Waals surface area (Å²) < 4.78 is 13.8. The third kappa shape index (κ3) is 4.23. The van der Waals surface area contributed by atoms with Gasteiger partial charge in [-0.2, -0.15) is 4.98 Å². The van der Waals surface area contributed by atoms with Crippen molar-refractivity contribution in [2.75, 3.05) is 10.6 Å². The summed E-state index contributed by atoms with van der Waals surface area (Å²) in [6.07, 6.45) is 1.94. The lowest BCUT2D eigenvalue weighted by Gasteiger charge is -2.43. The van der Waals surface area contributed by atoms with Gasteiger partial charge in [-0.25, -0.2) is 9.37 Å². The molecule has 142 valence electrons. The predicted octanol–water partition coefficient (Wildman–Crippen LogP) is 2.10. The monoisotopic (exact) mass is 383 g/mol. The molecule has 3 N–H and O–H groups in total. The highest BCUT2D eigenvalue weighted by Crippen LogP contribution is 2.38. The summed E-state index contributed by atoms with van der Waals surface area (Å²) in [7, 11) is 0. The highest BCUT2D eigenvalue weighted by atomic mass is 35.5. The van der Waals surface area contributed by atoms with E-state index in [9.17, 15) is 14.0 Å². The number of nitrogens with zero attached hydrogens (tertiary/aromatic N) is 2. The smallest absolute Gasteiger partial charge is 0.225 e. The number of carbonyl (C=O) groups is 2. The van der Waals surface area contributed by atoms with Crippen molar-refractivity contribution < 1.29 is 14.0 Å². The summed E-state index contributed by atoms with van der Waals surface area (Å²) in [5.74, 6) is 0.291. The number of carbonyl (C=O) groups excluding carboxylic acids is 2. The highest BCUT2D eigenvalue weighted by Gasteiger charge is 2.44. The van der Waals surface area contributed by atoms with Crippen molar-refractivity contribution in [3.63, 3.8) is 0 Å². The maximum absolute atomic E-state index is 13.8. The van der Waals surface area contributed by atoms with E-state index in [0.29, 0.717) is 24.6 Å². The van der Waals surface area contributed by atoms with Gasteiger partial charge in [0.25, 0.3) is 0 Å². The van der Waals surface area contributed by atoms with E-state index in [1.165, 1.54) is 13.1 Å². The molecule has 7 nitrogen and oxygen atoms in total. The van der Waals surface area contributed by atoms with Crippen molar-refractivity contribution in [3.05, 3.63) is 12.3 Å². The summed E-state index contributed by atoms with van der Waals surface area (Å²) in [5.41, 5.74) is 0. The van der Waals surface area contributed by atoms with Crippen LogP contribution in [0.4, 0.5) is 16.2 Å². The first kappa shape index (κ1) is 18.8. The Morgan fingerprint density at radius 3 is 2.92 bits per heavy atom. The van der Waals surface area contributed by atoms with Crippen LogP contribution < -0.4 is 16.0 Å². The van der Waals surface area contributed by atoms with Gasteiger partial charge in [-0.1, -0.05) is 0 Å². The molecule has 6 atom stereocenters. The van der Waals surface area contributed by atoms with Gasteiger partial charge in [-0.3, -0.25) is 9.59 Å². The SMILES string of the molecule is CC(=O)Nc1ccnc(N[C@@H](C)C2CC3CC(Cl)C(F)CC3NC2=O)n1.